The lowest BCUT2D eigenvalue weighted by molar-refractivity contribution is 0.654. The number of hydrogen-bond acceptors (Lipinski definition) is 3. The second-order valence-electron chi connectivity index (χ2n) is 5.36. The Hall–Kier alpha value is -1.68. The highest BCUT2D eigenvalue weighted by molar-refractivity contribution is 7.98. The van der Waals surface area contributed by atoms with Gasteiger partial charge in [0.1, 0.15) is 0 Å². The normalized spacial score (nSPS) is 17.3. The van der Waals surface area contributed by atoms with E-state index >= 15 is 0 Å². The summed E-state index contributed by atoms with van der Waals surface area (Å²) in [6.45, 7) is 2.85. The van der Waals surface area contributed by atoms with Gasteiger partial charge in [0, 0.05) is 30.3 Å². The van der Waals surface area contributed by atoms with Crippen LogP contribution in [0.3, 0.4) is 0 Å². The minimum absolute atomic E-state index is 0.0702. The molecule has 2 aromatic rings. The van der Waals surface area contributed by atoms with Gasteiger partial charge in [0.2, 0.25) is 0 Å². The van der Waals surface area contributed by atoms with E-state index in [9.17, 15) is 4.79 Å². The molecule has 0 saturated heterocycles. The van der Waals surface area contributed by atoms with Crippen LogP contribution in [0, 0.1) is 0 Å². The van der Waals surface area contributed by atoms with Gasteiger partial charge in [-0.05, 0) is 23.6 Å². The molecule has 1 aliphatic heterocycles. The highest BCUT2D eigenvalue weighted by atomic mass is 32.2. The topological polar surface area (TPSA) is 34.0 Å². The fourth-order valence-corrected chi connectivity index (χ4v) is 3.83. The van der Waals surface area contributed by atoms with Gasteiger partial charge in [-0.1, -0.05) is 31.2 Å². The van der Waals surface area contributed by atoms with Crippen molar-refractivity contribution in [3.63, 3.8) is 0 Å². The van der Waals surface area contributed by atoms with Crippen LogP contribution < -0.4 is 10.9 Å². The van der Waals surface area contributed by atoms with E-state index in [2.05, 4.69) is 36.5 Å². The molecule has 0 saturated carbocycles. The number of thioether (sulfide) groups is 1. The third-order valence-electron chi connectivity index (χ3n) is 3.76. The Morgan fingerprint density at radius 2 is 2.14 bits per heavy atom. The third kappa shape index (κ3) is 3.16. The van der Waals surface area contributed by atoms with Gasteiger partial charge in [0.15, 0.2) is 0 Å². The molecule has 3 rings (SSSR count). The first kappa shape index (κ1) is 14.3. The number of nitrogens with one attached hydrogen (secondary N) is 1. The van der Waals surface area contributed by atoms with E-state index in [-0.39, 0.29) is 5.56 Å². The van der Waals surface area contributed by atoms with E-state index < -0.39 is 0 Å². The minimum Gasteiger partial charge on any atom is -0.376 e. The van der Waals surface area contributed by atoms with Gasteiger partial charge >= 0.3 is 0 Å². The average molecular weight is 300 g/mol. The van der Waals surface area contributed by atoms with Gasteiger partial charge in [-0.25, -0.2) is 0 Å². The minimum atomic E-state index is 0.0702. The maximum absolute atomic E-state index is 11.8. The molecule has 1 aliphatic rings. The molecule has 0 aliphatic carbocycles. The van der Waals surface area contributed by atoms with Crippen LogP contribution in [0.2, 0.25) is 0 Å². The van der Waals surface area contributed by atoms with Crippen molar-refractivity contribution in [1.82, 2.24) is 4.57 Å². The molecule has 2 heterocycles. The Kier molecular flexibility index (Phi) is 4.34. The monoisotopic (exact) mass is 300 g/mol. The number of nitrogens with zero attached hydrogens (tertiary/aromatic N) is 1. The number of rotatable bonds is 4. The Balaban J connectivity index is 1.85. The molecule has 0 amide bonds. The van der Waals surface area contributed by atoms with Crippen molar-refractivity contribution >= 4 is 17.4 Å². The Bertz CT molecular complexity index is 680. The van der Waals surface area contributed by atoms with Gasteiger partial charge in [-0.2, -0.15) is 11.8 Å². The molecule has 1 aromatic heterocycles. The van der Waals surface area contributed by atoms with Crippen LogP contribution >= 0.6 is 11.8 Å². The van der Waals surface area contributed by atoms with Gasteiger partial charge < -0.3 is 9.88 Å². The summed E-state index contributed by atoms with van der Waals surface area (Å²) in [5.41, 5.74) is 3.88. The predicted molar refractivity (Wildman–Crippen MR) is 90.0 cm³/mol. The van der Waals surface area contributed by atoms with E-state index in [1.165, 1.54) is 11.1 Å². The summed E-state index contributed by atoms with van der Waals surface area (Å²) in [6.07, 6.45) is 2.90. The van der Waals surface area contributed by atoms with Gasteiger partial charge in [0.05, 0.1) is 11.7 Å². The van der Waals surface area contributed by atoms with Crippen LogP contribution in [0.25, 0.3) is 0 Å². The number of anilines is 1. The number of hydrogen-bond donors (Lipinski definition) is 1. The lowest BCUT2D eigenvalue weighted by Crippen LogP contribution is -2.22. The van der Waals surface area contributed by atoms with E-state index in [0.29, 0.717) is 6.04 Å². The van der Waals surface area contributed by atoms with Crippen molar-refractivity contribution in [2.75, 3.05) is 11.1 Å². The van der Waals surface area contributed by atoms with Crippen molar-refractivity contribution in [2.24, 2.45) is 0 Å². The smallest absolute Gasteiger partial charge is 0.250 e. The molecule has 1 aromatic carbocycles. The number of fused-ring (bicyclic) bond motifs is 1. The van der Waals surface area contributed by atoms with Crippen LogP contribution in [0.5, 0.6) is 0 Å². The Morgan fingerprint density at radius 3 is 3.00 bits per heavy atom. The number of aromatic nitrogens is 1. The molecule has 4 heteroatoms. The lowest BCUT2D eigenvalue weighted by atomic mass is 10.0. The van der Waals surface area contributed by atoms with Crippen molar-refractivity contribution in [1.29, 1.82) is 0 Å². The quantitative estimate of drug-likeness (QED) is 0.935. The summed E-state index contributed by atoms with van der Waals surface area (Å²) in [5, 5.41) is 3.58. The van der Waals surface area contributed by atoms with E-state index in [1.807, 2.05) is 24.0 Å². The summed E-state index contributed by atoms with van der Waals surface area (Å²) in [7, 11) is 0. The molecule has 0 bridgehead atoms. The lowest BCUT2D eigenvalue weighted by Gasteiger charge is -2.27. The van der Waals surface area contributed by atoms with Crippen molar-refractivity contribution in [3.8, 4) is 0 Å². The fourth-order valence-electron chi connectivity index (χ4n) is 2.74. The van der Waals surface area contributed by atoms with E-state index in [1.54, 1.807) is 10.6 Å². The van der Waals surface area contributed by atoms with Crippen molar-refractivity contribution < 1.29 is 0 Å². The first-order valence-electron chi connectivity index (χ1n) is 7.40. The molecular weight excluding hydrogens is 280 g/mol. The highest BCUT2D eigenvalue weighted by Gasteiger charge is 2.19. The van der Waals surface area contributed by atoms with Crippen molar-refractivity contribution in [3.05, 3.63) is 64.1 Å². The maximum atomic E-state index is 11.8. The summed E-state index contributed by atoms with van der Waals surface area (Å²) in [5.74, 6) is 2.15. The predicted octanol–water partition coefficient (Wildman–Crippen LogP) is 3.66. The van der Waals surface area contributed by atoms with Crippen molar-refractivity contribution in [2.45, 2.75) is 31.7 Å². The molecule has 1 unspecified atom stereocenters. The molecule has 3 nitrogen and oxygen atoms in total. The summed E-state index contributed by atoms with van der Waals surface area (Å²) < 4.78 is 1.78. The molecule has 1 atom stereocenters. The van der Waals surface area contributed by atoms with Gasteiger partial charge in [-0.3, -0.25) is 4.79 Å². The van der Waals surface area contributed by atoms with E-state index in [0.717, 1.165) is 30.2 Å². The SMILES string of the molecule is CCCn1cc(NC2CSCc3ccccc32)ccc1=O. The standard InChI is InChI=1S/C17H20N2OS/c1-2-9-19-10-14(7-8-17(19)20)18-16-12-21-11-13-5-3-4-6-15(13)16/h3-8,10,16,18H,2,9,11-12H2,1H3. The second kappa shape index (κ2) is 6.39. The van der Waals surface area contributed by atoms with Crippen LogP contribution in [-0.2, 0) is 12.3 Å². The molecule has 0 spiro atoms. The first-order chi connectivity index (χ1) is 10.3. The van der Waals surface area contributed by atoms with Crippen LogP contribution in [-0.4, -0.2) is 10.3 Å². The fraction of sp³-hybridized carbons (Fsp3) is 0.353. The number of aryl methyl sites for hydroxylation is 1. The van der Waals surface area contributed by atoms with Crippen LogP contribution in [0.15, 0.2) is 47.4 Å². The van der Waals surface area contributed by atoms with Gasteiger partial charge in [-0.15, -0.1) is 0 Å². The molecule has 110 valence electrons. The maximum Gasteiger partial charge on any atom is 0.250 e. The van der Waals surface area contributed by atoms with E-state index in [4.69, 9.17) is 0 Å². The van der Waals surface area contributed by atoms with Crippen LogP contribution in [0.4, 0.5) is 5.69 Å². The molecule has 21 heavy (non-hydrogen) atoms. The third-order valence-corrected chi connectivity index (χ3v) is 4.85. The summed E-state index contributed by atoms with van der Waals surface area (Å²) >= 11 is 1.95. The molecule has 0 radical (unpaired) electrons. The zero-order valence-corrected chi connectivity index (χ0v) is 13.0. The number of pyridine rings is 1. The Labute approximate surface area is 129 Å². The van der Waals surface area contributed by atoms with Gasteiger partial charge in [0.25, 0.3) is 5.56 Å². The number of benzene rings is 1. The second-order valence-corrected chi connectivity index (χ2v) is 6.39. The zero-order chi connectivity index (χ0) is 14.7. The van der Waals surface area contributed by atoms with Crippen LogP contribution in [0.1, 0.15) is 30.5 Å². The highest BCUT2D eigenvalue weighted by Crippen LogP contribution is 2.33. The molecular formula is C17H20N2OS. The Morgan fingerprint density at radius 1 is 1.29 bits per heavy atom. The summed E-state index contributed by atoms with van der Waals surface area (Å²) in [4.78, 5) is 11.8. The molecule has 1 N–H and O–H groups in total. The summed E-state index contributed by atoms with van der Waals surface area (Å²) in [6, 6.07) is 12.5. The zero-order valence-electron chi connectivity index (χ0n) is 12.2. The largest absolute Gasteiger partial charge is 0.376 e. The molecule has 0 fully saturated rings. The first-order valence-corrected chi connectivity index (χ1v) is 8.56. The average Bonchev–Trinajstić information content (AvgIpc) is 2.51.